The van der Waals surface area contributed by atoms with Gasteiger partial charge in [0, 0.05) is 0 Å². The number of halogens is 1. The number of benzene rings is 4. The minimum absolute atomic E-state index is 0.161. The van der Waals surface area contributed by atoms with Crippen LogP contribution in [0.1, 0.15) is 31.0 Å². The summed E-state index contributed by atoms with van der Waals surface area (Å²) >= 11 is 9.09. The fourth-order valence-corrected chi connectivity index (χ4v) is 17.8. The molecular weight excluding hydrogens is 547 g/mol. The molecule has 1 aliphatic rings. The Morgan fingerprint density at radius 2 is 1.03 bits per heavy atom. The molecule has 0 amide bonds. The average Bonchev–Trinajstić information content (AvgIpc) is 2.94. The van der Waals surface area contributed by atoms with Gasteiger partial charge in [0.05, 0.1) is 0 Å². The summed E-state index contributed by atoms with van der Waals surface area (Å²) in [4.78, 5) is 0. The minimum atomic E-state index is -3.17. The summed E-state index contributed by atoms with van der Waals surface area (Å²) in [7, 11) is 0. The van der Waals surface area contributed by atoms with Crippen molar-refractivity contribution in [2.45, 2.75) is 29.5 Å². The number of hydrogen-bond donors (Lipinski definition) is 0. The molecule has 1 aliphatic heterocycles. The van der Waals surface area contributed by atoms with Gasteiger partial charge in [0.1, 0.15) is 0 Å². The van der Waals surface area contributed by atoms with Crippen molar-refractivity contribution < 1.29 is 0 Å². The normalized spacial score (nSPS) is 17.7. The van der Waals surface area contributed by atoms with Gasteiger partial charge in [0.2, 0.25) is 0 Å². The topological polar surface area (TPSA) is 0 Å². The summed E-state index contributed by atoms with van der Waals surface area (Å²) in [5.41, 5.74) is 1.68. The molecule has 0 saturated carbocycles. The van der Waals surface area contributed by atoms with E-state index < -0.39 is 5.31 Å². The molecule has 0 nitrogen and oxygen atoms in total. The van der Waals surface area contributed by atoms with Gasteiger partial charge in [0.15, 0.2) is 0 Å². The second-order valence-electron chi connectivity index (χ2n) is 9.40. The van der Waals surface area contributed by atoms with Crippen LogP contribution in [0, 0.1) is 0 Å². The maximum atomic E-state index is 4.78. The van der Waals surface area contributed by atoms with Gasteiger partial charge in [-0.1, -0.05) is 0 Å². The van der Waals surface area contributed by atoms with Crippen LogP contribution in [0.25, 0.3) is 0 Å². The van der Waals surface area contributed by atoms with E-state index >= 15 is 0 Å². The molecule has 1 heterocycles. The van der Waals surface area contributed by atoms with Gasteiger partial charge in [-0.3, -0.25) is 0 Å². The SMILES string of the molecule is CC1(CC(c2ccccc2)P(Br)(c2ccccc2)(c2ccccc2)c2ccccc2)SCCCS1. The van der Waals surface area contributed by atoms with Crippen molar-refractivity contribution in [3.05, 3.63) is 127 Å². The Morgan fingerprint density at radius 3 is 1.43 bits per heavy atom. The van der Waals surface area contributed by atoms with Crippen molar-refractivity contribution >= 4 is 60.2 Å². The zero-order valence-corrected chi connectivity index (χ0v) is 24.2. The first-order chi connectivity index (χ1) is 17.0. The Kier molecular flexibility index (Phi) is 7.52. The van der Waals surface area contributed by atoms with Gasteiger partial charge >= 0.3 is 228 Å². The van der Waals surface area contributed by atoms with Crippen LogP contribution in [0.5, 0.6) is 0 Å². The molecule has 0 bridgehead atoms. The Bertz CT molecular complexity index is 1130. The third-order valence-corrected chi connectivity index (χ3v) is 21.2. The molecule has 4 aromatic rings. The van der Waals surface area contributed by atoms with Crippen molar-refractivity contribution in [1.29, 1.82) is 0 Å². The molecule has 0 aromatic heterocycles. The number of hydrogen-bond acceptors (Lipinski definition) is 2. The molecule has 0 radical (unpaired) electrons. The number of thioether (sulfide) groups is 2. The van der Waals surface area contributed by atoms with Crippen LogP contribution < -0.4 is 15.9 Å². The summed E-state index contributed by atoms with van der Waals surface area (Å²) in [5, 5.41) is 0.992. The Labute approximate surface area is 227 Å². The number of rotatable bonds is 7. The molecule has 4 aromatic carbocycles. The molecule has 35 heavy (non-hydrogen) atoms. The monoisotopic (exact) mass is 578 g/mol. The second-order valence-corrected chi connectivity index (χ2v) is 21.6. The predicted molar refractivity (Wildman–Crippen MR) is 166 cm³/mol. The van der Waals surface area contributed by atoms with E-state index in [1.54, 1.807) is 0 Å². The molecular formula is C31H32BrPS2. The Hall–Kier alpha value is -1.51. The maximum absolute atomic E-state index is 4.78. The molecule has 0 N–H and O–H groups in total. The molecule has 0 spiro atoms. The van der Waals surface area contributed by atoms with Crippen LogP contribution in [0.4, 0.5) is 0 Å². The summed E-state index contributed by atoms with van der Waals surface area (Å²) in [6, 6.07) is 45.0. The van der Waals surface area contributed by atoms with Crippen LogP contribution in [0.3, 0.4) is 0 Å². The molecule has 180 valence electrons. The molecule has 1 unspecified atom stereocenters. The second kappa shape index (κ2) is 10.5. The van der Waals surface area contributed by atoms with E-state index in [4.69, 9.17) is 15.5 Å². The first kappa shape index (κ1) is 25.2. The van der Waals surface area contributed by atoms with Crippen molar-refractivity contribution in [3.8, 4) is 0 Å². The van der Waals surface area contributed by atoms with Crippen molar-refractivity contribution in [2.75, 3.05) is 11.5 Å². The first-order valence-electron chi connectivity index (χ1n) is 12.3. The predicted octanol–water partition coefficient (Wildman–Crippen LogP) is 8.54. The molecule has 5 rings (SSSR count). The Balaban J connectivity index is 1.89. The van der Waals surface area contributed by atoms with Gasteiger partial charge < -0.3 is 0 Å². The van der Waals surface area contributed by atoms with Gasteiger partial charge in [-0.15, -0.1) is 0 Å². The van der Waals surface area contributed by atoms with Crippen molar-refractivity contribution in [3.63, 3.8) is 0 Å². The van der Waals surface area contributed by atoms with Crippen LogP contribution in [0.2, 0.25) is 0 Å². The van der Waals surface area contributed by atoms with Crippen molar-refractivity contribution in [1.82, 2.24) is 0 Å². The molecule has 1 saturated heterocycles. The molecule has 1 fully saturated rings. The quantitative estimate of drug-likeness (QED) is 0.201. The molecule has 4 heteroatoms. The fraction of sp³-hybridized carbons (Fsp3) is 0.226. The summed E-state index contributed by atoms with van der Waals surface area (Å²) in [5.74, 6) is 2.48. The molecule has 1 atom stereocenters. The zero-order valence-electron chi connectivity index (χ0n) is 20.1. The van der Waals surface area contributed by atoms with Gasteiger partial charge in [-0.25, -0.2) is 0 Å². The zero-order chi connectivity index (χ0) is 24.2. The fourth-order valence-electron chi connectivity index (χ4n) is 5.54. The van der Waals surface area contributed by atoms with E-state index in [0.29, 0.717) is 0 Å². The first-order valence-corrected chi connectivity index (χ1v) is 18.6. The van der Waals surface area contributed by atoms with Gasteiger partial charge in [-0.05, 0) is 0 Å². The van der Waals surface area contributed by atoms with Gasteiger partial charge in [-0.2, -0.15) is 0 Å². The van der Waals surface area contributed by atoms with Crippen molar-refractivity contribution in [2.24, 2.45) is 0 Å². The summed E-state index contributed by atoms with van der Waals surface area (Å²) < 4.78 is 0.161. The molecule has 0 aliphatic carbocycles. The van der Waals surface area contributed by atoms with Crippen LogP contribution in [-0.2, 0) is 0 Å². The van der Waals surface area contributed by atoms with E-state index in [0.717, 1.165) is 6.42 Å². The third kappa shape index (κ3) is 4.55. The summed E-state index contributed by atoms with van der Waals surface area (Å²) in [6.07, 6.45) is 2.39. The van der Waals surface area contributed by atoms with Crippen LogP contribution in [0.15, 0.2) is 121 Å². The van der Waals surface area contributed by atoms with E-state index in [1.165, 1.54) is 39.4 Å². The van der Waals surface area contributed by atoms with E-state index in [-0.39, 0.29) is 9.74 Å². The third-order valence-electron chi connectivity index (χ3n) is 7.22. The van der Waals surface area contributed by atoms with E-state index in [2.05, 4.69) is 152 Å². The van der Waals surface area contributed by atoms with Crippen LogP contribution in [-0.4, -0.2) is 15.6 Å². The van der Waals surface area contributed by atoms with Gasteiger partial charge in [0.25, 0.3) is 0 Å². The standard InChI is InChI=1S/C31H32BrPS2/c1-31(34-23-14-24-35-31)25-30(26-15-6-2-7-16-26)33(32,27-17-8-3-9-18-27,28-19-10-4-11-20-28)29-21-12-5-13-22-29/h2-13,15-22,30H,14,23-25H2,1H3. The van der Waals surface area contributed by atoms with Crippen LogP contribution >= 0.6 is 44.3 Å². The van der Waals surface area contributed by atoms with E-state index in [1.807, 2.05) is 0 Å². The summed E-state index contributed by atoms with van der Waals surface area (Å²) in [6.45, 7) is 2.48. The van der Waals surface area contributed by atoms with E-state index in [9.17, 15) is 0 Å². The Morgan fingerprint density at radius 1 is 0.657 bits per heavy atom. The average molecular weight is 580 g/mol.